The molecular weight excluding hydrogens is 579 g/mol. The molecule has 6 rings (SSSR count). The molecule has 0 bridgehead atoms. The van der Waals surface area contributed by atoms with Crippen LogP contribution in [0.25, 0.3) is 16.0 Å². The van der Waals surface area contributed by atoms with Gasteiger partial charge in [-0.2, -0.15) is 5.10 Å². The molecule has 4 aromatic carbocycles. The fourth-order valence-corrected chi connectivity index (χ4v) is 6.97. The Balaban J connectivity index is 1.35. The number of amides is 1. The van der Waals surface area contributed by atoms with Crippen molar-refractivity contribution in [3.05, 3.63) is 119 Å². The number of benzene rings is 4. The number of carbonyl (C=O) groups excluding carboxylic acids is 1. The number of fused-ring (bicyclic) bond motifs is 2. The summed E-state index contributed by atoms with van der Waals surface area (Å²) in [7, 11) is 3.21. The number of nitrogens with one attached hydrogen (secondary N) is 1. The van der Waals surface area contributed by atoms with Crippen molar-refractivity contribution < 1.29 is 19.0 Å². The standard InChI is InChI=1S/C34H29N3O4S2/c1-21-10-4-5-11-23(21)32-24-12-6-8-14-27(24)41-33(22-16-17-28(39-2)29(18-22)40-3)25(32)19-35-37-31(38)20-42-34-36-26-13-7-9-15-30(26)43-34/h4-19,32H,20H2,1-3H3,(H,37,38)/b35-19-. The number of hydrogen-bond donors (Lipinski definition) is 1. The summed E-state index contributed by atoms with van der Waals surface area (Å²) in [6, 6.07) is 29.9. The topological polar surface area (TPSA) is 82.0 Å². The minimum Gasteiger partial charge on any atom is -0.493 e. The summed E-state index contributed by atoms with van der Waals surface area (Å²) >= 11 is 2.97. The van der Waals surface area contributed by atoms with Gasteiger partial charge >= 0.3 is 0 Å². The smallest absolute Gasteiger partial charge is 0.250 e. The lowest BCUT2D eigenvalue weighted by molar-refractivity contribution is -0.118. The number of thiazole rings is 1. The quantitative estimate of drug-likeness (QED) is 0.106. The highest BCUT2D eigenvalue weighted by Gasteiger charge is 2.32. The third-order valence-electron chi connectivity index (χ3n) is 7.15. The number of rotatable bonds is 9. The van der Waals surface area contributed by atoms with E-state index < -0.39 is 0 Å². The van der Waals surface area contributed by atoms with Crippen LogP contribution < -0.4 is 19.6 Å². The number of para-hydroxylation sites is 2. The monoisotopic (exact) mass is 607 g/mol. The summed E-state index contributed by atoms with van der Waals surface area (Å²) in [5.74, 6) is 2.36. The molecule has 1 unspecified atom stereocenters. The van der Waals surface area contributed by atoms with Gasteiger partial charge in [-0.25, -0.2) is 10.4 Å². The van der Waals surface area contributed by atoms with Crippen molar-refractivity contribution in [3.8, 4) is 17.2 Å². The van der Waals surface area contributed by atoms with Gasteiger partial charge in [0.2, 0.25) is 0 Å². The van der Waals surface area contributed by atoms with E-state index in [0.717, 1.165) is 48.1 Å². The molecule has 216 valence electrons. The summed E-state index contributed by atoms with van der Waals surface area (Å²) in [5, 5.41) is 4.43. The van der Waals surface area contributed by atoms with Crippen molar-refractivity contribution in [3.63, 3.8) is 0 Å². The highest BCUT2D eigenvalue weighted by atomic mass is 32.2. The Hall–Kier alpha value is -4.60. The normalized spacial score (nSPS) is 14.4. The van der Waals surface area contributed by atoms with Gasteiger partial charge in [0.05, 0.1) is 36.4 Å². The van der Waals surface area contributed by atoms with Gasteiger partial charge in [0.1, 0.15) is 11.5 Å². The second-order valence-corrected chi connectivity index (χ2v) is 12.1. The lowest BCUT2D eigenvalue weighted by Gasteiger charge is -2.30. The molecule has 7 nitrogen and oxygen atoms in total. The van der Waals surface area contributed by atoms with E-state index in [1.54, 1.807) is 31.8 Å². The van der Waals surface area contributed by atoms with E-state index in [0.29, 0.717) is 17.3 Å². The number of methoxy groups -OCH3 is 2. The van der Waals surface area contributed by atoms with Gasteiger partial charge in [-0.15, -0.1) is 11.3 Å². The molecule has 9 heteroatoms. The lowest BCUT2D eigenvalue weighted by Crippen LogP contribution is -2.22. The first-order chi connectivity index (χ1) is 21.1. The van der Waals surface area contributed by atoms with E-state index >= 15 is 0 Å². The van der Waals surface area contributed by atoms with E-state index in [9.17, 15) is 4.79 Å². The Bertz CT molecular complexity index is 1830. The Kier molecular flexibility index (Phi) is 8.44. The number of hydrogen-bond acceptors (Lipinski definition) is 8. The Labute approximate surface area is 258 Å². The van der Waals surface area contributed by atoms with Crippen LogP contribution in [0, 0.1) is 6.92 Å². The van der Waals surface area contributed by atoms with E-state index in [4.69, 9.17) is 14.2 Å². The van der Waals surface area contributed by atoms with Gasteiger partial charge in [0, 0.05) is 22.6 Å². The van der Waals surface area contributed by atoms with Crippen LogP contribution in [0.3, 0.4) is 0 Å². The SMILES string of the molecule is COc1ccc(C2=C(/C=N\NC(=O)CSc3nc4ccccc4s3)C(c3ccccc3C)c3ccccc3O2)cc1OC. The summed E-state index contributed by atoms with van der Waals surface area (Å²) in [5.41, 5.74) is 8.52. The van der Waals surface area contributed by atoms with Crippen molar-refractivity contribution in [1.29, 1.82) is 0 Å². The van der Waals surface area contributed by atoms with E-state index in [1.807, 2.05) is 72.8 Å². The van der Waals surface area contributed by atoms with Crippen LogP contribution in [0.15, 0.2) is 106 Å². The van der Waals surface area contributed by atoms with Crippen LogP contribution in [0.5, 0.6) is 17.2 Å². The molecule has 1 atom stereocenters. The average Bonchev–Trinajstić information content (AvgIpc) is 3.47. The minimum absolute atomic E-state index is 0.188. The highest BCUT2D eigenvalue weighted by molar-refractivity contribution is 8.01. The number of aryl methyl sites for hydroxylation is 1. The fraction of sp³-hybridized carbons (Fsp3) is 0.147. The van der Waals surface area contributed by atoms with Crippen molar-refractivity contribution in [2.24, 2.45) is 5.10 Å². The van der Waals surface area contributed by atoms with Crippen molar-refractivity contribution in [1.82, 2.24) is 10.4 Å². The third-order valence-corrected chi connectivity index (χ3v) is 9.33. The van der Waals surface area contributed by atoms with Crippen molar-refractivity contribution in [2.45, 2.75) is 17.2 Å². The summed E-state index contributed by atoms with van der Waals surface area (Å²) in [6.07, 6.45) is 1.69. The van der Waals surface area contributed by atoms with Gasteiger partial charge in [0.15, 0.2) is 15.8 Å². The van der Waals surface area contributed by atoms with E-state index in [2.05, 4.69) is 40.6 Å². The number of nitrogens with zero attached hydrogens (tertiary/aromatic N) is 2. The Morgan fingerprint density at radius 3 is 2.51 bits per heavy atom. The number of thioether (sulfide) groups is 1. The third kappa shape index (κ3) is 6.00. The largest absolute Gasteiger partial charge is 0.493 e. The first-order valence-corrected chi connectivity index (χ1v) is 15.4. The number of carbonyl (C=O) groups is 1. The van der Waals surface area contributed by atoms with Crippen LogP contribution in [-0.4, -0.2) is 37.1 Å². The Morgan fingerprint density at radius 1 is 0.977 bits per heavy atom. The molecular formula is C34H29N3O4S2. The maximum atomic E-state index is 12.8. The van der Waals surface area contributed by atoms with Gasteiger partial charge in [-0.05, 0) is 54.4 Å². The lowest BCUT2D eigenvalue weighted by atomic mass is 9.80. The van der Waals surface area contributed by atoms with Crippen LogP contribution in [0.2, 0.25) is 0 Å². The Morgan fingerprint density at radius 2 is 1.72 bits per heavy atom. The molecule has 0 spiro atoms. The van der Waals surface area contributed by atoms with Crippen molar-refractivity contribution in [2.75, 3.05) is 20.0 Å². The first-order valence-electron chi connectivity index (χ1n) is 13.6. The average molecular weight is 608 g/mol. The number of ether oxygens (including phenoxy) is 3. The van der Waals surface area contributed by atoms with Crippen LogP contribution in [0.4, 0.5) is 0 Å². The predicted molar refractivity (Wildman–Crippen MR) is 174 cm³/mol. The molecule has 2 heterocycles. The zero-order chi connectivity index (χ0) is 29.8. The maximum Gasteiger partial charge on any atom is 0.250 e. The molecule has 0 saturated carbocycles. The predicted octanol–water partition coefficient (Wildman–Crippen LogP) is 7.45. The molecule has 1 aliphatic heterocycles. The van der Waals surface area contributed by atoms with Gasteiger partial charge < -0.3 is 14.2 Å². The van der Waals surface area contributed by atoms with Crippen LogP contribution in [0.1, 0.15) is 28.2 Å². The van der Waals surface area contributed by atoms with Gasteiger partial charge in [-0.3, -0.25) is 4.79 Å². The molecule has 0 fully saturated rings. The first kappa shape index (κ1) is 28.5. The fourth-order valence-electron chi connectivity index (χ4n) is 5.11. The molecule has 43 heavy (non-hydrogen) atoms. The van der Waals surface area contributed by atoms with Crippen LogP contribution in [-0.2, 0) is 4.79 Å². The molecule has 0 saturated heterocycles. The summed E-state index contributed by atoms with van der Waals surface area (Å²) < 4.78 is 19.6. The van der Waals surface area contributed by atoms with E-state index in [1.165, 1.54) is 11.8 Å². The molecule has 1 aliphatic rings. The summed E-state index contributed by atoms with van der Waals surface area (Å²) in [6.45, 7) is 2.10. The number of hydrazone groups is 1. The van der Waals surface area contributed by atoms with E-state index in [-0.39, 0.29) is 17.6 Å². The maximum absolute atomic E-state index is 12.8. The minimum atomic E-state index is -0.224. The summed E-state index contributed by atoms with van der Waals surface area (Å²) in [4.78, 5) is 17.4. The zero-order valence-electron chi connectivity index (χ0n) is 23.9. The van der Waals surface area contributed by atoms with Crippen LogP contribution >= 0.6 is 23.1 Å². The highest BCUT2D eigenvalue weighted by Crippen LogP contribution is 2.46. The van der Waals surface area contributed by atoms with Crippen molar-refractivity contribution >= 4 is 51.2 Å². The molecule has 1 aromatic heterocycles. The second-order valence-electron chi connectivity index (χ2n) is 9.81. The second kappa shape index (κ2) is 12.7. The number of aromatic nitrogens is 1. The van der Waals surface area contributed by atoms with Gasteiger partial charge in [0.25, 0.3) is 5.91 Å². The van der Waals surface area contributed by atoms with Gasteiger partial charge in [-0.1, -0.05) is 66.4 Å². The number of allylic oxidation sites excluding steroid dienone is 1. The molecule has 0 aliphatic carbocycles. The molecule has 1 amide bonds. The zero-order valence-corrected chi connectivity index (χ0v) is 25.5. The molecule has 0 radical (unpaired) electrons. The molecule has 5 aromatic rings. The molecule has 1 N–H and O–H groups in total.